The fourth-order valence-corrected chi connectivity index (χ4v) is 3.52. The smallest absolute Gasteiger partial charge is 0.433 e. The van der Waals surface area contributed by atoms with Crippen LogP contribution in [0.4, 0.5) is 17.6 Å². The summed E-state index contributed by atoms with van der Waals surface area (Å²) < 4.78 is 60.9. The highest BCUT2D eigenvalue weighted by atomic mass is 19.4. The number of carbonyl (C=O) groups is 1. The fourth-order valence-electron chi connectivity index (χ4n) is 3.52. The number of halogens is 4. The first-order valence-corrected chi connectivity index (χ1v) is 10.00. The number of aryl methyl sites for hydroxylation is 1. The number of rotatable bonds is 5. The molecule has 5 nitrogen and oxygen atoms in total. The first-order valence-electron chi connectivity index (χ1n) is 10.00. The van der Waals surface area contributed by atoms with E-state index < -0.39 is 23.7 Å². The third-order valence-electron chi connectivity index (χ3n) is 4.88. The van der Waals surface area contributed by atoms with Crippen molar-refractivity contribution >= 4 is 5.97 Å². The molecule has 0 saturated heterocycles. The first-order chi connectivity index (χ1) is 15.2. The number of carboxylic acids is 1. The van der Waals surface area contributed by atoms with E-state index in [1.165, 1.54) is 0 Å². The van der Waals surface area contributed by atoms with Crippen molar-refractivity contribution in [2.75, 3.05) is 6.61 Å². The van der Waals surface area contributed by atoms with Gasteiger partial charge in [-0.25, -0.2) is 4.39 Å². The van der Waals surface area contributed by atoms with Gasteiger partial charge in [0.2, 0.25) is 0 Å². The third-order valence-corrected chi connectivity index (χ3v) is 4.88. The van der Waals surface area contributed by atoms with Gasteiger partial charge >= 0.3 is 6.18 Å². The van der Waals surface area contributed by atoms with Gasteiger partial charge in [0.05, 0.1) is 12.2 Å². The maximum absolute atomic E-state index is 14.5. The Balaban J connectivity index is 0.000000668. The highest BCUT2D eigenvalue weighted by Gasteiger charge is 2.36. The highest BCUT2D eigenvalue weighted by molar-refractivity contribution is 5.63. The van der Waals surface area contributed by atoms with E-state index in [4.69, 9.17) is 14.6 Å². The topological polar surface area (TPSA) is 64.3 Å². The van der Waals surface area contributed by atoms with Crippen LogP contribution in [0, 0.1) is 5.82 Å². The molecule has 3 aromatic rings. The fraction of sp³-hybridized carbons (Fsp3) is 0.304. The van der Waals surface area contributed by atoms with Gasteiger partial charge in [0, 0.05) is 12.5 Å². The molecule has 0 bridgehead atoms. The van der Waals surface area contributed by atoms with Crippen LogP contribution in [-0.4, -0.2) is 27.5 Å². The van der Waals surface area contributed by atoms with Crippen LogP contribution in [0.5, 0.6) is 5.75 Å². The van der Waals surface area contributed by atoms with E-state index in [-0.39, 0.29) is 24.6 Å². The summed E-state index contributed by atoms with van der Waals surface area (Å²) in [5, 5.41) is 11.5. The lowest BCUT2D eigenvalue weighted by molar-refractivity contribution is -0.144. The number of nitrogens with zero attached hydrogens (tertiary/aromatic N) is 2. The standard InChI is InChI=1S/C21H18F4N2O.C2H4O2/c22-20-16-8-4-7-14(16)9-10-18(20)28-12-11-27-19(21(23,24)25)13-17(26-27)15-5-2-1-3-6-15;1-2(3)4/h1-3,5-6,9-10,13H,4,7-8,11-12H2;1H3,(H,3,4). The Morgan fingerprint density at radius 2 is 1.84 bits per heavy atom. The molecule has 4 rings (SSSR count). The van der Waals surface area contributed by atoms with E-state index in [9.17, 15) is 17.6 Å². The van der Waals surface area contributed by atoms with Crippen LogP contribution >= 0.6 is 0 Å². The lowest BCUT2D eigenvalue weighted by Crippen LogP contribution is -2.18. The van der Waals surface area contributed by atoms with Crippen LogP contribution in [0.15, 0.2) is 48.5 Å². The van der Waals surface area contributed by atoms with Crippen molar-refractivity contribution in [3.05, 3.63) is 71.2 Å². The van der Waals surface area contributed by atoms with Crippen molar-refractivity contribution < 1.29 is 32.2 Å². The van der Waals surface area contributed by atoms with Gasteiger partial charge in [0.25, 0.3) is 5.97 Å². The lowest BCUT2D eigenvalue weighted by atomic mass is 10.1. The van der Waals surface area contributed by atoms with Crippen LogP contribution in [0.3, 0.4) is 0 Å². The highest BCUT2D eigenvalue weighted by Crippen LogP contribution is 2.33. The normalized spacial score (nSPS) is 12.7. The number of hydrogen-bond acceptors (Lipinski definition) is 3. The molecule has 0 radical (unpaired) electrons. The van der Waals surface area contributed by atoms with Gasteiger partial charge in [0.1, 0.15) is 12.3 Å². The number of alkyl halides is 3. The van der Waals surface area contributed by atoms with Gasteiger partial charge < -0.3 is 9.84 Å². The van der Waals surface area contributed by atoms with Crippen molar-refractivity contribution in [2.45, 2.75) is 38.9 Å². The number of carboxylic acid groups (broad SMARTS) is 1. The molecular weight excluding hydrogens is 428 g/mol. The molecule has 1 aromatic heterocycles. The van der Waals surface area contributed by atoms with Gasteiger partial charge in [-0.05, 0) is 42.5 Å². The average molecular weight is 450 g/mol. The van der Waals surface area contributed by atoms with Crippen LogP contribution in [0.1, 0.15) is 30.2 Å². The summed E-state index contributed by atoms with van der Waals surface area (Å²) in [6, 6.07) is 13.0. The maximum Gasteiger partial charge on any atom is 0.433 e. The molecule has 0 spiro atoms. The zero-order chi connectivity index (χ0) is 23.3. The number of benzene rings is 2. The minimum Gasteiger partial charge on any atom is -0.489 e. The zero-order valence-corrected chi connectivity index (χ0v) is 17.3. The van der Waals surface area contributed by atoms with E-state index in [0.29, 0.717) is 17.5 Å². The number of ether oxygens (including phenoxy) is 1. The molecular formula is C23H22F4N2O3. The minimum atomic E-state index is -4.54. The molecule has 0 atom stereocenters. The van der Waals surface area contributed by atoms with Gasteiger partial charge in [-0.3, -0.25) is 9.48 Å². The molecule has 1 heterocycles. The van der Waals surface area contributed by atoms with Crippen LogP contribution in [0.25, 0.3) is 11.3 Å². The SMILES string of the molecule is CC(=O)O.Fc1c(OCCn2nc(-c3ccccc3)cc2C(F)(F)F)ccc2c1CCC2. The average Bonchev–Trinajstić information content (AvgIpc) is 3.37. The van der Waals surface area contributed by atoms with Gasteiger partial charge in [-0.15, -0.1) is 0 Å². The quantitative estimate of drug-likeness (QED) is 0.531. The monoisotopic (exact) mass is 450 g/mol. The number of aliphatic carboxylic acids is 1. The van der Waals surface area contributed by atoms with Gasteiger partial charge in [-0.1, -0.05) is 36.4 Å². The summed E-state index contributed by atoms with van der Waals surface area (Å²) in [7, 11) is 0. The predicted molar refractivity (Wildman–Crippen MR) is 110 cm³/mol. The Morgan fingerprint density at radius 1 is 1.16 bits per heavy atom. The summed E-state index contributed by atoms with van der Waals surface area (Å²) in [5.41, 5.74) is 1.60. The van der Waals surface area contributed by atoms with Crippen molar-refractivity contribution in [1.82, 2.24) is 9.78 Å². The van der Waals surface area contributed by atoms with Gasteiger partial charge in [-0.2, -0.15) is 18.3 Å². The molecule has 2 aromatic carbocycles. The van der Waals surface area contributed by atoms with Crippen molar-refractivity contribution in [2.24, 2.45) is 0 Å². The molecule has 0 fully saturated rings. The summed E-state index contributed by atoms with van der Waals surface area (Å²) in [6.07, 6.45) is -2.13. The van der Waals surface area contributed by atoms with E-state index >= 15 is 0 Å². The third kappa shape index (κ3) is 5.66. The minimum absolute atomic E-state index is 0.0737. The molecule has 1 N–H and O–H groups in total. The van der Waals surface area contributed by atoms with E-state index in [2.05, 4.69) is 5.10 Å². The second-order valence-electron chi connectivity index (χ2n) is 7.24. The molecule has 0 aliphatic heterocycles. The van der Waals surface area contributed by atoms with Crippen molar-refractivity contribution in [1.29, 1.82) is 0 Å². The number of hydrogen-bond donors (Lipinski definition) is 1. The molecule has 1 aliphatic rings. The summed E-state index contributed by atoms with van der Waals surface area (Å²) in [6.45, 7) is 0.826. The number of aromatic nitrogens is 2. The molecule has 32 heavy (non-hydrogen) atoms. The summed E-state index contributed by atoms with van der Waals surface area (Å²) in [5.74, 6) is -1.17. The van der Waals surface area contributed by atoms with Crippen LogP contribution in [0.2, 0.25) is 0 Å². The molecule has 170 valence electrons. The largest absolute Gasteiger partial charge is 0.489 e. The molecule has 1 aliphatic carbocycles. The maximum atomic E-state index is 14.5. The predicted octanol–water partition coefficient (Wildman–Crippen LogP) is 5.37. The Labute approximate surface area is 182 Å². The number of fused-ring (bicyclic) bond motifs is 1. The molecule has 0 amide bonds. The summed E-state index contributed by atoms with van der Waals surface area (Å²) >= 11 is 0. The van der Waals surface area contributed by atoms with E-state index in [1.807, 2.05) is 6.07 Å². The second kappa shape index (κ2) is 9.84. The zero-order valence-electron chi connectivity index (χ0n) is 17.3. The Kier molecular flexibility index (Phi) is 7.17. The summed E-state index contributed by atoms with van der Waals surface area (Å²) in [4.78, 5) is 9.00. The van der Waals surface area contributed by atoms with Gasteiger partial charge in [0.15, 0.2) is 11.6 Å². The van der Waals surface area contributed by atoms with E-state index in [0.717, 1.165) is 36.1 Å². The Morgan fingerprint density at radius 3 is 2.50 bits per heavy atom. The first kappa shape index (κ1) is 23.3. The Bertz CT molecular complexity index is 1070. The molecule has 9 heteroatoms. The second-order valence-corrected chi connectivity index (χ2v) is 7.24. The van der Waals surface area contributed by atoms with Crippen molar-refractivity contribution in [3.8, 4) is 17.0 Å². The Hall–Kier alpha value is -3.36. The van der Waals surface area contributed by atoms with Crippen LogP contribution in [-0.2, 0) is 30.4 Å². The molecule has 0 unspecified atom stereocenters. The van der Waals surface area contributed by atoms with Crippen molar-refractivity contribution in [3.63, 3.8) is 0 Å². The molecule has 0 saturated carbocycles. The lowest BCUT2D eigenvalue weighted by Gasteiger charge is -2.12. The van der Waals surface area contributed by atoms with E-state index in [1.54, 1.807) is 36.4 Å². The van der Waals surface area contributed by atoms with Crippen LogP contribution < -0.4 is 4.74 Å².